The van der Waals surface area contributed by atoms with Gasteiger partial charge in [-0.15, -0.1) is 0 Å². The Balaban J connectivity index is 1.64. The highest BCUT2D eigenvalue weighted by Gasteiger charge is 2.08. The summed E-state index contributed by atoms with van der Waals surface area (Å²) in [5, 5.41) is 2.61. The van der Waals surface area contributed by atoms with E-state index in [9.17, 15) is 14.0 Å². The average molecular weight is 380 g/mol. The second kappa shape index (κ2) is 6.25. The van der Waals surface area contributed by atoms with Crippen LogP contribution >= 0.6 is 15.9 Å². The predicted octanol–water partition coefficient (Wildman–Crippen LogP) is 2.78. The van der Waals surface area contributed by atoms with Crippen LogP contribution in [0.5, 0.6) is 5.75 Å². The van der Waals surface area contributed by atoms with E-state index in [4.69, 9.17) is 4.74 Å². The number of hydrogen-bond donors (Lipinski definition) is 3. The number of aromatic nitrogens is 2. The van der Waals surface area contributed by atoms with Crippen molar-refractivity contribution >= 4 is 38.6 Å². The Morgan fingerprint density at radius 2 is 1.96 bits per heavy atom. The van der Waals surface area contributed by atoms with Crippen molar-refractivity contribution in [2.75, 3.05) is 11.9 Å². The Labute approximate surface area is 137 Å². The van der Waals surface area contributed by atoms with Gasteiger partial charge in [-0.1, -0.05) is 15.9 Å². The van der Waals surface area contributed by atoms with Crippen LogP contribution in [0.4, 0.5) is 10.1 Å². The molecule has 0 radical (unpaired) electrons. The van der Waals surface area contributed by atoms with Gasteiger partial charge in [-0.2, -0.15) is 0 Å². The fourth-order valence-corrected chi connectivity index (χ4v) is 2.38. The molecule has 0 saturated heterocycles. The van der Waals surface area contributed by atoms with Crippen LogP contribution in [0, 0.1) is 5.82 Å². The third kappa shape index (κ3) is 3.59. The van der Waals surface area contributed by atoms with Gasteiger partial charge in [0.1, 0.15) is 0 Å². The van der Waals surface area contributed by atoms with Gasteiger partial charge >= 0.3 is 5.69 Å². The maximum Gasteiger partial charge on any atom is 0.323 e. The summed E-state index contributed by atoms with van der Waals surface area (Å²) in [7, 11) is 0. The van der Waals surface area contributed by atoms with Crippen LogP contribution in [0.15, 0.2) is 45.7 Å². The first-order valence-electron chi connectivity index (χ1n) is 6.61. The van der Waals surface area contributed by atoms with E-state index in [-0.39, 0.29) is 18.0 Å². The molecular formula is C15H11BrFN3O3. The summed E-state index contributed by atoms with van der Waals surface area (Å²) >= 11 is 3.14. The first kappa shape index (κ1) is 15.3. The van der Waals surface area contributed by atoms with Gasteiger partial charge in [0.15, 0.2) is 18.2 Å². The van der Waals surface area contributed by atoms with Gasteiger partial charge in [0.2, 0.25) is 0 Å². The summed E-state index contributed by atoms with van der Waals surface area (Å²) in [6, 6.07) is 9.23. The lowest BCUT2D eigenvalue weighted by Crippen LogP contribution is -2.20. The number of amides is 1. The molecule has 0 fully saturated rings. The van der Waals surface area contributed by atoms with E-state index in [0.29, 0.717) is 21.2 Å². The normalized spacial score (nSPS) is 10.7. The van der Waals surface area contributed by atoms with E-state index in [1.165, 1.54) is 12.1 Å². The number of rotatable bonds is 4. The molecule has 0 aliphatic heterocycles. The van der Waals surface area contributed by atoms with Crippen molar-refractivity contribution in [3.05, 3.63) is 57.2 Å². The lowest BCUT2D eigenvalue weighted by molar-refractivity contribution is -0.118. The zero-order valence-corrected chi connectivity index (χ0v) is 13.2. The van der Waals surface area contributed by atoms with Crippen molar-refractivity contribution in [2.24, 2.45) is 0 Å². The lowest BCUT2D eigenvalue weighted by atomic mass is 10.3. The van der Waals surface area contributed by atoms with Gasteiger partial charge < -0.3 is 20.0 Å². The molecule has 2 aromatic carbocycles. The lowest BCUT2D eigenvalue weighted by Gasteiger charge is -2.08. The fraction of sp³-hybridized carbons (Fsp3) is 0.0667. The van der Waals surface area contributed by atoms with E-state index in [1.807, 2.05) is 0 Å². The van der Waals surface area contributed by atoms with E-state index in [0.717, 1.165) is 0 Å². The van der Waals surface area contributed by atoms with Crippen molar-refractivity contribution in [1.29, 1.82) is 0 Å². The van der Waals surface area contributed by atoms with Gasteiger partial charge in [-0.3, -0.25) is 4.79 Å². The van der Waals surface area contributed by atoms with Gasteiger partial charge in [-0.25, -0.2) is 9.18 Å². The number of H-pyrrole nitrogens is 2. The minimum atomic E-state index is -0.557. The van der Waals surface area contributed by atoms with Crippen LogP contribution in [0.25, 0.3) is 11.0 Å². The number of aromatic amines is 2. The number of hydrogen-bond acceptors (Lipinski definition) is 3. The Morgan fingerprint density at radius 1 is 1.17 bits per heavy atom. The summed E-state index contributed by atoms with van der Waals surface area (Å²) in [5.41, 5.74) is 1.39. The van der Waals surface area contributed by atoms with Crippen LogP contribution < -0.4 is 15.7 Å². The maximum absolute atomic E-state index is 13.6. The Morgan fingerprint density at radius 3 is 2.74 bits per heavy atom. The molecule has 0 unspecified atom stereocenters. The number of carbonyl (C=O) groups excluding carboxylic acids is 1. The van der Waals surface area contributed by atoms with Crippen LogP contribution in [0.1, 0.15) is 0 Å². The van der Waals surface area contributed by atoms with Crippen molar-refractivity contribution in [2.45, 2.75) is 0 Å². The quantitative estimate of drug-likeness (QED) is 0.651. The van der Waals surface area contributed by atoms with E-state index in [1.54, 1.807) is 24.3 Å². The number of benzene rings is 2. The topological polar surface area (TPSA) is 87.0 Å². The summed E-state index contributed by atoms with van der Waals surface area (Å²) in [6.45, 7) is -0.333. The highest BCUT2D eigenvalue weighted by molar-refractivity contribution is 9.10. The van der Waals surface area contributed by atoms with Crippen molar-refractivity contribution in [3.8, 4) is 5.75 Å². The molecule has 8 heteroatoms. The van der Waals surface area contributed by atoms with E-state index in [2.05, 4.69) is 31.2 Å². The molecule has 0 saturated carbocycles. The Bertz CT molecular complexity index is 935. The molecule has 3 N–H and O–H groups in total. The third-order valence-corrected chi connectivity index (χ3v) is 3.55. The number of ether oxygens (including phenoxy) is 1. The second-order valence-corrected chi connectivity index (χ2v) is 5.67. The highest BCUT2D eigenvalue weighted by atomic mass is 79.9. The van der Waals surface area contributed by atoms with Crippen LogP contribution in [0.2, 0.25) is 0 Å². The first-order valence-corrected chi connectivity index (χ1v) is 7.40. The number of imidazole rings is 1. The Hall–Kier alpha value is -2.61. The Kier molecular flexibility index (Phi) is 4.16. The highest BCUT2D eigenvalue weighted by Crippen LogP contribution is 2.21. The molecule has 1 aromatic heterocycles. The first-order chi connectivity index (χ1) is 11.0. The number of nitrogens with one attached hydrogen (secondary N) is 3. The van der Waals surface area contributed by atoms with Crippen molar-refractivity contribution in [1.82, 2.24) is 9.97 Å². The number of carbonyl (C=O) groups is 1. The second-order valence-electron chi connectivity index (χ2n) is 4.75. The molecule has 0 spiro atoms. The molecule has 1 amide bonds. The molecule has 0 aliphatic rings. The molecule has 23 heavy (non-hydrogen) atoms. The molecule has 3 aromatic rings. The fourth-order valence-electron chi connectivity index (χ4n) is 2.04. The SMILES string of the molecule is O=C(COc1ccc(Br)cc1F)Nc1ccc2[nH]c(=O)[nH]c2c1. The van der Waals surface area contributed by atoms with Gasteiger partial charge in [0.25, 0.3) is 5.91 Å². The summed E-state index contributed by atoms with van der Waals surface area (Å²) in [6.07, 6.45) is 0. The van der Waals surface area contributed by atoms with Gasteiger partial charge in [0.05, 0.1) is 11.0 Å². The van der Waals surface area contributed by atoms with Crippen LogP contribution in [-0.4, -0.2) is 22.5 Å². The zero-order chi connectivity index (χ0) is 16.4. The predicted molar refractivity (Wildman–Crippen MR) is 87.1 cm³/mol. The number of fused-ring (bicyclic) bond motifs is 1. The van der Waals surface area contributed by atoms with Crippen molar-refractivity contribution < 1.29 is 13.9 Å². The molecule has 0 bridgehead atoms. The molecule has 118 valence electrons. The largest absolute Gasteiger partial charge is 0.481 e. The van der Waals surface area contributed by atoms with Crippen LogP contribution in [0.3, 0.4) is 0 Å². The smallest absolute Gasteiger partial charge is 0.323 e. The number of halogens is 2. The summed E-state index contributed by atoms with van der Waals surface area (Å²) in [4.78, 5) is 28.2. The third-order valence-electron chi connectivity index (χ3n) is 3.05. The van der Waals surface area contributed by atoms with E-state index >= 15 is 0 Å². The molecule has 0 aliphatic carbocycles. The van der Waals surface area contributed by atoms with Crippen molar-refractivity contribution in [3.63, 3.8) is 0 Å². The minimum absolute atomic E-state index is 0.00577. The molecule has 6 nitrogen and oxygen atoms in total. The molecular weight excluding hydrogens is 369 g/mol. The monoisotopic (exact) mass is 379 g/mol. The average Bonchev–Trinajstić information content (AvgIpc) is 2.85. The number of anilines is 1. The minimum Gasteiger partial charge on any atom is -0.481 e. The van der Waals surface area contributed by atoms with Crippen LogP contribution in [-0.2, 0) is 4.79 Å². The standard InChI is InChI=1S/C15H11BrFN3O3/c16-8-1-4-13(10(17)5-8)23-7-14(21)18-9-2-3-11-12(6-9)20-15(22)19-11/h1-6H,7H2,(H,18,21)(H2,19,20,22). The summed E-state index contributed by atoms with van der Waals surface area (Å²) in [5.74, 6) is -1.00. The molecule has 0 atom stereocenters. The van der Waals surface area contributed by atoms with Gasteiger partial charge in [-0.05, 0) is 36.4 Å². The summed E-state index contributed by atoms with van der Waals surface area (Å²) < 4.78 is 19.3. The maximum atomic E-state index is 13.6. The molecule has 3 rings (SSSR count). The van der Waals surface area contributed by atoms with E-state index < -0.39 is 11.7 Å². The zero-order valence-electron chi connectivity index (χ0n) is 11.7. The van der Waals surface area contributed by atoms with Gasteiger partial charge in [0, 0.05) is 10.2 Å². The molecule has 1 heterocycles.